The van der Waals surface area contributed by atoms with Crippen LogP contribution in [0, 0.1) is 11.3 Å². The molecule has 0 amide bonds. The van der Waals surface area contributed by atoms with Gasteiger partial charge in [0, 0.05) is 6.04 Å². The van der Waals surface area contributed by atoms with Crippen molar-refractivity contribution in [3.8, 4) is 17.6 Å². The summed E-state index contributed by atoms with van der Waals surface area (Å²) in [4.78, 5) is 0. The predicted molar refractivity (Wildman–Crippen MR) is 68.1 cm³/mol. The van der Waals surface area contributed by atoms with Gasteiger partial charge < -0.3 is 10.2 Å². The highest BCUT2D eigenvalue weighted by Crippen LogP contribution is 2.28. The maximum atomic E-state index is 9.46. The number of benzene rings is 1. The number of phenols is 2. The molecule has 1 aliphatic rings. The number of hydrogen-bond donors (Lipinski definition) is 3. The fourth-order valence-electron chi connectivity index (χ4n) is 2.43. The van der Waals surface area contributed by atoms with Crippen LogP contribution in [0.25, 0.3) is 0 Å². The molecular weight excluding hydrogens is 228 g/mol. The Morgan fingerprint density at radius 3 is 2.50 bits per heavy atom. The number of nitrogens with zero attached hydrogens (tertiary/aromatic N) is 1. The number of hydrogen-bond acceptors (Lipinski definition) is 4. The Kier molecular flexibility index (Phi) is 4.06. The van der Waals surface area contributed by atoms with Gasteiger partial charge in [-0.05, 0) is 30.5 Å². The van der Waals surface area contributed by atoms with Crippen LogP contribution in [0.3, 0.4) is 0 Å². The number of rotatable bonds is 3. The lowest BCUT2D eigenvalue weighted by molar-refractivity contribution is 0.358. The molecule has 18 heavy (non-hydrogen) atoms. The molecule has 0 saturated heterocycles. The highest BCUT2D eigenvalue weighted by atomic mass is 16.3. The standard InChI is InChI=1S/C14H18N2O2/c15-9-12(16-11-4-2-1-3-5-11)10-6-7-13(17)14(18)8-10/h6-8,11-12,16-18H,1-5H2. The Hall–Kier alpha value is -1.73. The quantitative estimate of drug-likeness (QED) is 0.716. The van der Waals surface area contributed by atoms with E-state index in [0.29, 0.717) is 11.6 Å². The topological polar surface area (TPSA) is 76.3 Å². The largest absolute Gasteiger partial charge is 0.504 e. The Labute approximate surface area is 107 Å². The fraction of sp³-hybridized carbons (Fsp3) is 0.500. The molecular formula is C14H18N2O2. The third-order valence-corrected chi connectivity index (χ3v) is 3.47. The molecule has 0 bridgehead atoms. The molecule has 3 N–H and O–H groups in total. The molecule has 0 heterocycles. The van der Waals surface area contributed by atoms with Crippen LogP contribution >= 0.6 is 0 Å². The van der Waals surface area contributed by atoms with Crippen LogP contribution in [0.4, 0.5) is 0 Å². The molecule has 1 saturated carbocycles. The average Bonchev–Trinajstić information content (AvgIpc) is 2.40. The first-order chi connectivity index (χ1) is 8.70. The maximum absolute atomic E-state index is 9.46. The summed E-state index contributed by atoms with van der Waals surface area (Å²) in [7, 11) is 0. The van der Waals surface area contributed by atoms with Crippen molar-refractivity contribution in [2.45, 2.75) is 44.2 Å². The van der Waals surface area contributed by atoms with Crippen LogP contribution in [-0.4, -0.2) is 16.3 Å². The van der Waals surface area contributed by atoms with Crippen LogP contribution in [0.5, 0.6) is 11.5 Å². The second-order valence-electron chi connectivity index (χ2n) is 4.81. The number of phenolic OH excluding ortho intramolecular Hbond substituents is 2. The SMILES string of the molecule is N#CC(NC1CCCCC1)c1ccc(O)c(O)c1. The molecule has 4 nitrogen and oxygen atoms in total. The zero-order valence-corrected chi connectivity index (χ0v) is 10.3. The van der Waals surface area contributed by atoms with Crippen molar-refractivity contribution in [2.24, 2.45) is 0 Å². The van der Waals surface area contributed by atoms with Crippen molar-refractivity contribution in [3.63, 3.8) is 0 Å². The monoisotopic (exact) mass is 246 g/mol. The number of aromatic hydroxyl groups is 2. The van der Waals surface area contributed by atoms with Crippen molar-refractivity contribution in [1.82, 2.24) is 5.32 Å². The first-order valence-electron chi connectivity index (χ1n) is 6.38. The lowest BCUT2D eigenvalue weighted by Gasteiger charge is -2.25. The molecule has 1 aromatic carbocycles. The lowest BCUT2D eigenvalue weighted by Crippen LogP contribution is -2.33. The van der Waals surface area contributed by atoms with Crippen molar-refractivity contribution in [1.29, 1.82) is 5.26 Å². The molecule has 0 aromatic heterocycles. The minimum atomic E-state index is -0.431. The van der Waals surface area contributed by atoms with Gasteiger partial charge in [0.25, 0.3) is 0 Å². The van der Waals surface area contributed by atoms with Crippen LogP contribution in [0.15, 0.2) is 18.2 Å². The number of nitrogens with one attached hydrogen (secondary N) is 1. The van der Waals surface area contributed by atoms with Crippen molar-refractivity contribution < 1.29 is 10.2 Å². The van der Waals surface area contributed by atoms with Gasteiger partial charge in [-0.3, -0.25) is 5.32 Å². The minimum absolute atomic E-state index is 0.159. The van der Waals surface area contributed by atoms with E-state index >= 15 is 0 Å². The molecule has 1 atom stereocenters. The molecule has 1 fully saturated rings. The van der Waals surface area contributed by atoms with E-state index in [1.54, 1.807) is 6.07 Å². The molecule has 0 radical (unpaired) electrons. The van der Waals surface area contributed by atoms with Gasteiger partial charge in [0.1, 0.15) is 6.04 Å². The second kappa shape index (κ2) is 5.74. The molecule has 1 unspecified atom stereocenters. The van der Waals surface area contributed by atoms with Gasteiger partial charge >= 0.3 is 0 Å². The molecule has 96 valence electrons. The summed E-state index contributed by atoms with van der Waals surface area (Å²) in [5.74, 6) is -0.341. The average molecular weight is 246 g/mol. The second-order valence-corrected chi connectivity index (χ2v) is 4.81. The van der Waals surface area contributed by atoms with Crippen molar-refractivity contribution >= 4 is 0 Å². The van der Waals surface area contributed by atoms with Crippen LogP contribution in [-0.2, 0) is 0 Å². The molecule has 0 spiro atoms. The first-order valence-corrected chi connectivity index (χ1v) is 6.38. The van der Waals surface area contributed by atoms with Crippen LogP contribution in [0.1, 0.15) is 43.7 Å². The van der Waals surface area contributed by atoms with Gasteiger partial charge in [0.15, 0.2) is 11.5 Å². The predicted octanol–water partition coefficient (Wildman–Crippen LogP) is 2.58. The maximum Gasteiger partial charge on any atom is 0.157 e. The molecule has 1 aromatic rings. The van der Waals surface area contributed by atoms with E-state index in [-0.39, 0.29) is 11.5 Å². The zero-order valence-electron chi connectivity index (χ0n) is 10.3. The summed E-state index contributed by atoms with van der Waals surface area (Å²) >= 11 is 0. The summed E-state index contributed by atoms with van der Waals surface area (Å²) < 4.78 is 0. The van der Waals surface area contributed by atoms with Gasteiger partial charge in [-0.15, -0.1) is 0 Å². The van der Waals surface area contributed by atoms with E-state index in [1.807, 2.05) is 0 Å². The zero-order chi connectivity index (χ0) is 13.0. The van der Waals surface area contributed by atoms with Crippen LogP contribution in [0.2, 0.25) is 0 Å². The Morgan fingerprint density at radius 1 is 1.17 bits per heavy atom. The van der Waals surface area contributed by atoms with Gasteiger partial charge in [-0.25, -0.2) is 0 Å². The van der Waals surface area contributed by atoms with E-state index in [0.717, 1.165) is 12.8 Å². The van der Waals surface area contributed by atoms with Crippen molar-refractivity contribution in [3.05, 3.63) is 23.8 Å². The summed E-state index contributed by atoms with van der Waals surface area (Å²) in [6, 6.07) is 6.68. The van der Waals surface area contributed by atoms with Crippen molar-refractivity contribution in [2.75, 3.05) is 0 Å². The Morgan fingerprint density at radius 2 is 1.89 bits per heavy atom. The van der Waals surface area contributed by atoms with Gasteiger partial charge in [-0.1, -0.05) is 25.3 Å². The van der Waals surface area contributed by atoms with Crippen LogP contribution < -0.4 is 5.32 Å². The van der Waals surface area contributed by atoms with E-state index in [9.17, 15) is 15.5 Å². The third-order valence-electron chi connectivity index (χ3n) is 3.47. The van der Waals surface area contributed by atoms with E-state index in [1.165, 1.54) is 31.4 Å². The Bertz CT molecular complexity index is 448. The Balaban J connectivity index is 2.07. The first kappa shape index (κ1) is 12.7. The number of nitriles is 1. The van der Waals surface area contributed by atoms with E-state index in [4.69, 9.17) is 0 Å². The summed E-state index contributed by atoms with van der Waals surface area (Å²) in [6.45, 7) is 0. The van der Waals surface area contributed by atoms with Gasteiger partial charge in [-0.2, -0.15) is 5.26 Å². The van der Waals surface area contributed by atoms with E-state index < -0.39 is 6.04 Å². The summed E-state index contributed by atoms with van der Waals surface area (Å²) in [6.07, 6.45) is 5.88. The third kappa shape index (κ3) is 2.93. The fourth-order valence-corrected chi connectivity index (χ4v) is 2.43. The highest BCUT2D eigenvalue weighted by molar-refractivity contribution is 5.42. The molecule has 0 aliphatic heterocycles. The van der Waals surface area contributed by atoms with Gasteiger partial charge in [0.05, 0.1) is 6.07 Å². The smallest absolute Gasteiger partial charge is 0.157 e. The molecule has 4 heteroatoms. The van der Waals surface area contributed by atoms with Gasteiger partial charge in [0.2, 0.25) is 0 Å². The molecule has 1 aliphatic carbocycles. The lowest BCUT2D eigenvalue weighted by atomic mass is 9.94. The van der Waals surface area contributed by atoms with E-state index in [2.05, 4.69) is 11.4 Å². The summed E-state index contributed by atoms with van der Waals surface area (Å²) in [5, 5.41) is 31.3. The highest BCUT2D eigenvalue weighted by Gasteiger charge is 2.19. The minimum Gasteiger partial charge on any atom is -0.504 e. The molecule has 2 rings (SSSR count). The normalized spacial score (nSPS) is 18.2. The summed E-state index contributed by atoms with van der Waals surface area (Å²) in [5.41, 5.74) is 0.693.